The molecule has 21 heavy (non-hydrogen) atoms. The molecule has 1 aromatic rings. The Morgan fingerprint density at radius 1 is 1.19 bits per heavy atom. The third-order valence-electron chi connectivity index (χ3n) is 3.49. The van der Waals surface area contributed by atoms with Crippen LogP contribution < -0.4 is 5.32 Å². The minimum atomic E-state index is -0.414. The minimum absolute atomic E-state index is 0.0642. The number of carbonyl (C=O) groups excluding carboxylic acids is 2. The zero-order chi connectivity index (χ0) is 15.2. The summed E-state index contributed by atoms with van der Waals surface area (Å²) >= 11 is 11.7. The summed E-state index contributed by atoms with van der Waals surface area (Å²) in [4.78, 5) is 23.6. The van der Waals surface area contributed by atoms with Crippen molar-refractivity contribution in [2.75, 3.05) is 11.9 Å². The van der Waals surface area contributed by atoms with Crippen LogP contribution in [-0.2, 0) is 14.3 Å². The average molecular weight is 330 g/mol. The van der Waals surface area contributed by atoms with Crippen LogP contribution in [-0.4, -0.2) is 18.5 Å². The maximum absolute atomic E-state index is 11.8. The van der Waals surface area contributed by atoms with E-state index in [2.05, 4.69) is 5.32 Å². The number of ether oxygens (including phenoxy) is 1. The van der Waals surface area contributed by atoms with Crippen molar-refractivity contribution in [2.24, 2.45) is 5.92 Å². The normalized spacial score (nSPS) is 15.5. The lowest BCUT2D eigenvalue weighted by Gasteiger charge is -2.19. The third kappa shape index (κ3) is 4.90. The molecule has 0 unspecified atom stereocenters. The van der Waals surface area contributed by atoms with E-state index in [4.69, 9.17) is 27.9 Å². The number of hydrogen-bond donors (Lipinski definition) is 1. The summed E-state index contributed by atoms with van der Waals surface area (Å²) in [6, 6.07) is 4.76. The number of carbonyl (C=O) groups is 2. The van der Waals surface area contributed by atoms with Crippen LogP contribution >= 0.6 is 23.2 Å². The number of nitrogens with one attached hydrogen (secondary N) is 1. The second kappa shape index (κ2) is 7.66. The van der Waals surface area contributed by atoms with Gasteiger partial charge in [0.05, 0.1) is 16.6 Å². The molecule has 6 heteroatoms. The maximum Gasteiger partial charge on any atom is 0.309 e. The first kappa shape index (κ1) is 16.1. The van der Waals surface area contributed by atoms with Crippen molar-refractivity contribution in [1.82, 2.24) is 0 Å². The molecule has 0 saturated heterocycles. The summed E-state index contributed by atoms with van der Waals surface area (Å²) in [5, 5.41) is 3.42. The van der Waals surface area contributed by atoms with Crippen LogP contribution in [0.25, 0.3) is 0 Å². The van der Waals surface area contributed by atoms with Crippen LogP contribution in [0.15, 0.2) is 18.2 Å². The molecule has 1 aliphatic rings. The van der Waals surface area contributed by atoms with Crippen molar-refractivity contribution in [2.45, 2.75) is 32.1 Å². The van der Waals surface area contributed by atoms with Crippen LogP contribution in [0.5, 0.6) is 0 Å². The average Bonchev–Trinajstić information content (AvgIpc) is 2.48. The summed E-state index contributed by atoms with van der Waals surface area (Å²) in [6.07, 6.45) is 4.96. The van der Waals surface area contributed by atoms with Crippen LogP contribution in [0.4, 0.5) is 5.69 Å². The van der Waals surface area contributed by atoms with Crippen LogP contribution in [0, 0.1) is 5.92 Å². The predicted molar refractivity (Wildman–Crippen MR) is 82.6 cm³/mol. The lowest BCUT2D eigenvalue weighted by Crippen LogP contribution is -2.26. The number of amides is 1. The number of rotatable bonds is 4. The largest absolute Gasteiger partial charge is 0.455 e. The molecule has 0 atom stereocenters. The molecule has 0 aliphatic heterocycles. The molecule has 114 valence electrons. The van der Waals surface area contributed by atoms with Crippen molar-refractivity contribution in [3.8, 4) is 0 Å². The second-order valence-corrected chi connectivity index (χ2v) is 5.96. The maximum atomic E-state index is 11.8. The van der Waals surface area contributed by atoms with Gasteiger partial charge >= 0.3 is 5.97 Å². The molecule has 2 rings (SSSR count). The van der Waals surface area contributed by atoms with Crippen molar-refractivity contribution in [3.63, 3.8) is 0 Å². The van der Waals surface area contributed by atoms with Gasteiger partial charge in [0.1, 0.15) is 0 Å². The Balaban J connectivity index is 1.80. The lowest BCUT2D eigenvalue weighted by molar-refractivity contribution is -0.152. The van der Waals surface area contributed by atoms with Crippen LogP contribution in [0.1, 0.15) is 32.1 Å². The highest BCUT2D eigenvalue weighted by molar-refractivity contribution is 6.36. The summed E-state index contributed by atoms with van der Waals surface area (Å²) in [7, 11) is 0. The molecule has 4 nitrogen and oxygen atoms in total. The number of benzene rings is 1. The fourth-order valence-electron chi connectivity index (χ4n) is 2.37. The van der Waals surface area contributed by atoms with Crippen molar-refractivity contribution < 1.29 is 14.3 Å². The van der Waals surface area contributed by atoms with Gasteiger partial charge in [0.15, 0.2) is 6.61 Å². The molecule has 0 aromatic heterocycles. The zero-order valence-electron chi connectivity index (χ0n) is 11.5. The third-order valence-corrected chi connectivity index (χ3v) is 4.04. The van der Waals surface area contributed by atoms with E-state index in [9.17, 15) is 9.59 Å². The molecular weight excluding hydrogens is 313 g/mol. The van der Waals surface area contributed by atoms with E-state index in [1.165, 1.54) is 12.5 Å². The van der Waals surface area contributed by atoms with Gasteiger partial charge in [0.2, 0.25) is 0 Å². The van der Waals surface area contributed by atoms with Gasteiger partial charge in [-0.1, -0.05) is 42.5 Å². The first-order valence-electron chi connectivity index (χ1n) is 6.98. The van der Waals surface area contributed by atoms with E-state index in [-0.39, 0.29) is 18.5 Å². The summed E-state index contributed by atoms with van der Waals surface area (Å²) in [5.41, 5.74) is 0.444. The molecule has 0 heterocycles. The fourth-order valence-corrected chi connectivity index (χ4v) is 2.83. The van der Waals surface area contributed by atoms with Gasteiger partial charge in [-0.05, 0) is 31.0 Å². The van der Waals surface area contributed by atoms with Crippen LogP contribution in [0.2, 0.25) is 10.0 Å². The molecule has 1 aromatic carbocycles. The highest BCUT2D eigenvalue weighted by atomic mass is 35.5. The zero-order valence-corrected chi connectivity index (χ0v) is 13.0. The van der Waals surface area contributed by atoms with Gasteiger partial charge in [-0.15, -0.1) is 0 Å². The molecule has 1 fully saturated rings. The van der Waals surface area contributed by atoms with E-state index < -0.39 is 5.91 Å². The molecule has 1 saturated carbocycles. The molecule has 0 spiro atoms. The molecular formula is C15H17Cl2NO3. The lowest BCUT2D eigenvalue weighted by atomic mass is 9.89. The summed E-state index contributed by atoms with van der Waals surface area (Å²) < 4.78 is 5.06. The standard InChI is InChI=1S/C15H17Cl2NO3/c16-11-6-7-13(12(17)8-11)18-14(19)9-21-15(20)10-4-2-1-3-5-10/h6-8,10H,1-5,9H2,(H,18,19). The number of esters is 1. The highest BCUT2D eigenvalue weighted by Crippen LogP contribution is 2.26. The smallest absolute Gasteiger partial charge is 0.309 e. The Labute approximate surface area is 133 Å². The SMILES string of the molecule is O=C(COC(=O)C1CCCCC1)Nc1ccc(Cl)cc1Cl. The quantitative estimate of drug-likeness (QED) is 0.847. The van der Waals surface area contributed by atoms with Gasteiger partial charge in [0.25, 0.3) is 5.91 Å². The van der Waals surface area contributed by atoms with Crippen LogP contribution in [0.3, 0.4) is 0 Å². The van der Waals surface area contributed by atoms with E-state index in [0.717, 1.165) is 25.7 Å². The van der Waals surface area contributed by atoms with E-state index in [1.54, 1.807) is 12.1 Å². The molecule has 1 amide bonds. The molecule has 0 radical (unpaired) electrons. The van der Waals surface area contributed by atoms with Gasteiger partial charge in [-0.3, -0.25) is 9.59 Å². The topological polar surface area (TPSA) is 55.4 Å². The first-order valence-corrected chi connectivity index (χ1v) is 7.73. The van der Waals surface area contributed by atoms with Crippen molar-refractivity contribution in [1.29, 1.82) is 0 Å². The van der Waals surface area contributed by atoms with Gasteiger partial charge in [-0.25, -0.2) is 0 Å². The summed E-state index contributed by atoms with van der Waals surface area (Å²) in [6.45, 7) is -0.297. The molecule has 0 bridgehead atoms. The van der Waals surface area contributed by atoms with Crippen molar-refractivity contribution >= 4 is 40.8 Å². The number of hydrogen-bond acceptors (Lipinski definition) is 3. The highest BCUT2D eigenvalue weighted by Gasteiger charge is 2.23. The second-order valence-electron chi connectivity index (χ2n) is 5.11. The van der Waals surface area contributed by atoms with Gasteiger partial charge in [-0.2, -0.15) is 0 Å². The molecule has 1 aliphatic carbocycles. The number of halogens is 2. The Hall–Kier alpha value is -1.26. The van der Waals surface area contributed by atoms with E-state index >= 15 is 0 Å². The van der Waals surface area contributed by atoms with Gasteiger partial charge < -0.3 is 10.1 Å². The predicted octanol–water partition coefficient (Wildman–Crippen LogP) is 4.06. The summed E-state index contributed by atoms with van der Waals surface area (Å²) in [5.74, 6) is -0.763. The van der Waals surface area contributed by atoms with E-state index in [1.807, 2.05) is 0 Å². The van der Waals surface area contributed by atoms with Gasteiger partial charge in [0, 0.05) is 5.02 Å². The fraction of sp³-hybridized carbons (Fsp3) is 0.467. The van der Waals surface area contributed by atoms with Crippen molar-refractivity contribution in [3.05, 3.63) is 28.2 Å². The Kier molecular flexibility index (Phi) is 5.88. The first-order chi connectivity index (χ1) is 10.1. The van der Waals surface area contributed by atoms with E-state index in [0.29, 0.717) is 15.7 Å². The Morgan fingerprint density at radius 2 is 1.90 bits per heavy atom. The Bertz CT molecular complexity index is 528. The minimum Gasteiger partial charge on any atom is -0.455 e. The molecule has 1 N–H and O–H groups in total. The monoisotopic (exact) mass is 329 g/mol. The Morgan fingerprint density at radius 3 is 2.57 bits per heavy atom. The number of anilines is 1.